The van der Waals surface area contributed by atoms with E-state index in [2.05, 4.69) is 10.6 Å². The normalized spacial score (nSPS) is 10.8. The maximum absolute atomic E-state index is 11.5. The SMILES string of the molecule is CC(=O)NCCCN(CCCCNC(=O)OC(C)(C)C)C(C)=O. The fourth-order valence-corrected chi connectivity index (χ4v) is 1.89. The largest absolute Gasteiger partial charge is 0.444 e. The van der Waals surface area contributed by atoms with Crippen molar-refractivity contribution in [3.05, 3.63) is 0 Å². The number of carbonyl (C=O) groups is 3. The zero-order valence-corrected chi connectivity index (χ0v) is 15.0. The fraction of sp³-hybridized carbons (Fsp3) is 0.812. The van der Waals surface area contributed by atoms with Crippen molar-refractivity contribution in [3.8, 4) is 0 Å². The molecule has 0 unspecified atom stereocenters. The number of unbranched alkanes of at least 4 members (excludes halogenated alkanes) is 1. The van der Waals surface area contributed by atoms with E-state index in [0.717, 1.165) is 19.3 Å². The number of hydrogen-bond donors (Lipinski definition) is 2. The Balaban J connectivity index is 3.82. The molecule has 0 atom stereocenters. The van der Waals surface area contributed by atoms with Crippen LogP contribution in [0.15, 0.2) is 0 Å². The summed E-state index contributed by atoms with van der Waals surface area (Å²) in [4.78, 5) is 35.5. The van der Waals surface area contributed by atoms with Crippen LogP contribution in [0.2, 0.25) is 0 Å². The van der Waals surface area contributed by atoms with E-state index >= 15 is 0 Å². The highest BCUT2D eigenvalue weighted by molar-refractivity contribution is 5.73. The summed E-state index contributed by atoms with van der Waals surface area (Å²) in [6, 6.07) is 0. The average molecular weight is 329 g/mol. The standard InChI is InChI=1S/C16H31N3O4/c1-13(20)17-10-8-12-19(14(2)21)11-7-6-9-18-15(22)23-16(3,4)5/h6-12H2,1-5H3,(H,17,20)(H,18,22). The van der Waals surface area contributed by atoms with Gasteiger partial charge in [0.15, 0.2) is 0 Å². The van der Waals surface area contributed by atoms with Gasteiger partial charge in [-0.1, -0.05) is 0 Å². The average Bonchev–Trinajstić information content (AvgIpc) is 2.37. The molecule has 0 aliphatic rings. The summed E-state index contributed by atoms with van der Waals surface area (Å²) in [5.41, 5.74) is -0.497. The van der Waals surface area contributed by atoms with Gasteiger partial charge in [-0.3, -0.25) is 9.59 Å². The second-order valence-corrected chi connectivity index (χ2v) is 6.48. The Morgan fingerprint density at radius 2 is 1.48 bits per heavy atom. The van der Waals surface area contributed by atoms with Crippen molar-refractivity contribution in [2.45, 2.75) is 59.5 Å². The minimum Gasteiger partial charge on any atom is -0.444 e. The van der Waals surface area contributed by atoms with Crippen molar-refractivity contribution in [1.82, 2.24) is 15.5 Å². The first kappa shape index (κ1) is 21.2. The molecule has 0 radical (unpaired) electrons. The number of nitrogens with one attached hydrogen (secondary N) is 2. The van der Waals surface area contributed by atoms with Gasteiger partial charge in [0, 0.05) is 40.0 Å². The summed E-state index contributed by atoms with van der Waals surface area (Å²) >= 11 is 0. The maximum Gasteiger partial charge on any atom is 0.407 e. The summed E-state index contributed by atoms with van der Waals surface area (Å²) in [5, 5.41) is 5.40. The first-order valence-electron chi connectivity index (χ1n) is 8.08. The van der Waals surface area contributed by atoms with Crippen molar-refractivity contribution in [1.29, 1.82) is 0 Å². The van der Waals surface area contributed by atoms with E-state index in [9.17, 15) is 14.4 Å². The van der Waals surface area contributed by atoms with Crippen LogP contribution in [0.25, 0.3) is 0 Å². The third-order valence-electron chi connectivity index (χ3n) is 2.95. The minimum absolute atomic E-state index is 0.0212. The zero-order chi connectivity index (χ0) is 17.9. The molecule has 0 fully saturated rings. The Morgan fingerprint density at radius 1 is 0.913 bits per heavy atom. The van der Waals surface area contributed by atoms with E-state index < -0.39 is 11.7 Å². The van der Waals surface area contributed by atoms with E-state index in [0.29, 0.717) is 26.2 Å². The smallest absolute Gasteiger partial charge is 0.407 e. The number of hydrogen-bond acceptors (Lipinski definition) is 4. The Kier molecular flexibility index (Phi) is 10.0. The van der Waals surface area contributed by atoms with Gasteiger partial charge in [0.25, 0.3) is 0 Å². The lowest BCUT2D eigenvalue weighted by atomic mass is 10.2. The number of amides is 3. The lowest BCUT2D eigenvalue weighted by Gasteiger charge is -2.21. The second-order valence-electron chi connectivity index (χ2n) is 6.48. The summed E-state index contributed by atoms with van der Waals surface area (Å²) in [6.45, 7) is 10.8. The third-order valence-corrected chi connectivity index (χ3v) is 2.95. The van der Waals surface area contributed by atoms with Crippen molar-refractivity contribution < 1.29 is 19.1 Å². The molecule has 134 valence electrons. The number of ether oxygens (including phenoxy) is 1. The molecule has 0 saturated carbocycles. The minimum atomic E-state index is -0.497. The molecule has 0 heterocycles. The van der Waals surface area contributed by atoms with Gasteiger partial charge in [-0.15, -0.1) is 0 Å². The Labute approximate surface area is 139 Å². The zero-order valence-electron chi connectivity index (χ0n) is 15.0. The quantitative estimate of drug-likeness (QED) is 0.630. The van der Waals surface area contributed by atoms with Gasteiger partial charge in [-0.05, 0) is 40.0 Å². The van der Waals surface area contributed by atoms with Gasteiger partial charge in [0.05, 0.1) is 0 Å². The van der Waals surface area contributed by atoms with Gasteiger partial charge >= 0.3 is 6.09 Å². The molecule has 0 aliphatic heterocycles. The van der Waals surface area contributed by atoms with Crippen molar-refractivity contribution >= 4 is 17.9 Å². The van der Waals surface area contributed by atoms with Crippen molar-refractivity contribution in [3.63, 3.8) is 0 Å². The highest BCUT2D eigenvalue weighted by atomic mass is 16.6. The van der Waals surface area contributed by atoms with Gasteiger partial charge in [-0.2, -0.15) is 0 Å². The van der Waals surface area contributed by atoms with Crippen LogP contribution in [0.1, 0.15) is 53.9 Å². The molecule has 0 aromatic carbocycles. The molecule has 0 rings (SSSR count). The van der Waals surface area contributed by atoms with Gasteiger partial charge in [-0.25, -0.2) is 4.79 Å². The van der Waals surface area contributed by atoms with Crippen molar-refractivity contribution in [2.75, 3.05) is 26.2 Å². The third kappa shape index (κ3) is 13.6. The van der Waals surface area contributed by atoms with E-state index in [1.165, 1.54) is 13.8 Å². The van der Waals surface area contributed by atoms with Crippen LogP contribution < -0.4 is 10.6 Å². The Morgan fingerprint density at radius 3 is 2.00 bits per heavy atom. The first-order chi connectivity index (χ1) is 10.6. The van der Waals surface area contributed by atoms with Crippen molar-refractivity contribution in [2.24, 2.45) is 0 Å². The number of nitrogens with zero attached hydrogens (tertiary/aromatic N) is 1. The van der Waals surface area contributed by atoms with Crippen LogP contribution in [0.4, 0.5) is 4.79 Å². The lowest BCUT2D eigenvalue weighted by Crippen LogP contribution is -2.34. The summed E-state index contributed by atoms with van der Waals surface area (Å²) < 4.78 is 5.14. The van der Waals surface area contributed by atoms with Gasteiger partial charge in [0.1, 0.15) is 5.60 Å². The molecule has 0 spiro atoms. The first-order valence-corrected chi connectivity index (χ1v) is 8.08. The van der Waals surface area contributed by atoms with E-state index in [-0.39, 0.29) is 11.8 Å². The number of rotatable bonds is 9. The molecule has 0 aliphatic carbocycles. The molecule has 0 saturated heterocycles. The molecule has 0 bridgehead atoms. The van der Waals surface area contributed by atoms with E-state index in [1.54, 1.807) is 4.90 Å². The number of carbonyl (C=O) groups excluding carboxylic acids is 3. The summed E-state index contributed by atoms with van der Waals surface area (Å²) in [6.07, 6.45) is 1.88. The molecule has 0 aromatic heterocycles. The van der Waals surface area contributed by atoms with Crippen LogP contribution in [0, 0.1) is 0 Å². The van der Waals surface area contributed by atoms with Crippen LogP contribution in [0.5, 0.6) is 0 Å². The van der Waals surface area contributed by atoms with Crippen LogP contribution >= 0.6 is 0 Å². The molecule has 2 N–H and O–H groups in total. The monoisotopic (exact) mass is 329 g/mol. The molecular formula is C16H31N3O4. The van der Waals surface area contributed by atoms with E-state index in [1.807, 2.05) is 20.8 Å². The highest BCUT2D eigenvalue weighted by Gasteiger charge is 2.15. The van der Waals surface area contributed by atoms with Gasteiger partial charge < -0.3 is 20.3 Å². The molecule has 7 nitrogen and oxygen atoms in total. The Bertz CT molecular complexity index is 391. The summed E-state index contributed by atoms with van der Waals surface area (Å²) in [5.74, 6) is -0.0412. The van der Waals surface area contributed by atoms with Crippen LogP contribution in [-0.4, -0.2) is 54.6 Å². The maximum atomic E-state index is 11.5. The Hall–Kier alpha value is -1.79. The highest BCUT2D eigenvalue weighted by Crippen LogP contribution is 2.06. The van der Waals surface area contributed by atoms with Crippen LogP contribution in [-0.2, 0) is 14.3 Å². The summed E-state index contributed by atoms with van der Waals surface area (Å²) in [7, 11) is 0. The fourth-order valence-electron chi connectivity index (χ4n) is 1.89. The lowest BCUT2D eigenvalue weighted by molar-refractivity contribution is -0.129. The van der Waals surface area contributed by atoms with Crippen LogP contribution in [0.3, 0.4) is 0 Å². The molecule has 7 heteroatoms. The second kappa shape index (κ2) is 10.9. The molecular weight excluding hydrogens is 298 g/mol. The molecule has 0 aromatic rings. The topological polar surface area (TPSA) is 87.7 Å². The predicted molar refractivity (Wildman–Crippen MR) is 89.0 cm³/mol. The van der Waals surface area contributed by atoms with E-state index in [4.69, 9.17) is 4.74 Å². The number of alkyl carbamates (subject to hydrolysis) is 1. The predicted octanol–water partition coefficient (Wildman–Crippen LogP) is 1.67. The molecule has 3 amide bonds. The molecule has 23 heavy (non-hydrogen) atoms. The van der Waals surface area contributed by atoms with Gasteiger partial charge in [0.2, 0.25) is 11.8 Å².